The molecule has 1 rings (SSSR count). The van der Waals surface area contributed by atoms with Gasteiger partial charge in [0.1, 0.15) is 11.0 Å². The molecule has 0 aliphatic rings. The van der Waals surface area contributed by atoms with Crippen LogP contribution in [0.1, 0.15) is 12.5 Å². The van der Waals surface area contributed by atoms with Crippen molar-refractivity contribution in [3.05, 3.63) is 22.8 Å². The van der Waals surface area contributed by atoms with Gasteiger partial charge in [0, 0.05) is 0 Å². The molecule has 0 aromatic carbocycles. The highest BCUT2D eigenvalue weighted by atomic mass is 35.5. The van der Waals surface area contributed by atoms with Crippen LogP contribution in [0.4, 0.5) is 19.0 Å². The summed E-state index contributed by atoms with van der Waals surface area (Å²) in [6, 6.07) is 1.57. The van der Waals surface area contributed by atoms with Crippen molar-refractivity contribution in [1.82, 2.24) is 4.98 Å². The molecule has 1 aromatic heterocycles. The summed E-state index contributed by atoms with van der Waals surface area (Å²) in [6.45, 7) is 1.38. The fourth-order valence-corrected chi connectivity index (χ4v) is 1.77. The molecular weight excluding hydrogens is 281 g/mol. The Labute approximate surface area is 101 Å². The van der Waals surface area contributed by atoms with Gasteiger partial charge in [0.15, 0.2) is 0 Å². The van der Waals surface area contributed by atoms with E-state index < -0.39 is 26.9 Å². The van der Waals surface area contributed by atoms with Gasteiger partial charge in [-0.3, -0.25) is 4.72 Å². The minimum Gasteiger partial charge on any atom is -0.267 e. The van der Waals surface area contributed by atoms with Gasteiger partial charge in [0.05, 0.1) is 11.3 Å². The molecular formula is C8H8ClF3N2O2S. The Balaban J connectivity index is 3.06. The minimum atomic E-state index is -4.62. The molecule has 1 heterocycles. The maximum Gasteiger partial charge on any atom is 0.419 e. The lowest BCUT2D eigenvalue weighted by atomic mass is 10.3. The number of hydrogen-bond donors (Lipinski definition) is 1. The lowest BCUT2D eigenvalue weighted by Gasteiger charge is -2.10. The SMILES string of the molecule is CCS(=O)(=O)Nc1ccc(C(F)(F)F)c(Cl)n1. The number of nitrogens with zero attached hydrogens (tertiary/aromatic N) is 1. The Hall–Kier alpha value is -1.02. The zero-order chi connectivity index (χ0) is 13.3. The van der Waals surface area contributed by atoms with Crippen LogP contribution in [0.5, 0.6) is 0 Å². The van der Waals surface area contributed by atoms with Crippen molar-refractivity contribution < 1.29 is 21.6 Å². The summed E-state index contributed by atoms with van der Waals surface area (Å²) in [5, 5.41) is -0.797. The Morgan fingerprint density at radius 3 is 2.41 bits per heavy atom. The molecule has 0 radical (unpaired) electrons. The van der Waals surface area contributed by atoms with Crippen molar-refractivity contribution in [2.75, 3.05) is 10.5 Å². The summed E-state index contributed by atoms with van der Waals surface area (Å²) in [7, 11) is -3.59. The first kappa shape index (κ1) is 14.0. The zero-order valence-corrected chi connectivity index (χ0v) is 10.1. The highest BCUT2D eigenvalue weighted by molar-refractivity contribution is 7.92. The molecule has 4 nitrogen and oxygen atoms in total. The van der Waals surface area contributed by atoms with E-state index in [9.17, 15) is 21.6 Å². The van der Waals surface area contributed by atoms with Crippen molar-refractivity contribution in [1.29, 1.82) is 0 Å². The van der Waals surface area contributed by atoms with Crippen molar-refractivity contribution in [2.24, 2.45) is 0 Å². The first-order valence-corrected chi connectivity index (χ1v) is 6.43. The van der Waals surface area contributed by atoms with E-state index >= 15 is 0 Å². The highest BCUT2D eigenvalue weighted by Gasteiger charge is 2.34. The molecule has 0 spiro atoms. The normalized spacial score (nSPS) is 12.5. The third-order valence-electron chi connectivity index (χ3n) is 1.79. The fraction of sp³-hybridized carbons (Fsp3) is 0.375. The van der Waals surface area contributed by atoms with Crippen LogP contribution in [0.25, 0.3) is 0 Å². The second-order valence-corrected chi connectivity index (χ2v) is 5.41. The van der Waals surface area contributed by atoms with Gasteiger partial charge in [-0.25, -0.2) is 13.4 Å². The molecule has 0 unspecified atom stereocenters. The average molecular weight is 289 g/mol. The van der Waals surface area contributed by atoms with Gasteiger partial charge in [-0.2, -0.15) is 13.2 Å². The largest absolute Gasteiger partial charge is 0.419 e. The molecule has 0 saturated heterocycles. The second kappa shape index (κ2) is 4.69. The molecule has 0 amide bonds. The fourth-order valence-electron chi connectivity index (χ4n) is 0.934. The molecule has 0 aliphatic carbocycles. The van der Waals surface area contributed by atoms with Crippen LogP contribution in [0.15, 0.2) is 12.1 Å². The summed E-state index contributed by atoms with van der Waals surface area (Å²) in [5.74, 6) is -0.460. The molecule has 17 heavy (non-hydrogen) atoms. The molecule has 0 saturated carbocycles. The van der Waals surface area contributed by atoms with E-state index in [1.807, 2.05) is 4.72 Å². The van der Waals surface area contributed by atoms with Crippen LogP contribution in [0.2, 0.25) is 5.15 Å². The van der Waals surface area contributed by atoms with Crippen molar-refractivity contribution in [2.45, 2.75) is 13.1 Å². The van der Waals surface area contributed by atoms with E-state index in [2.05, 4.69) is 4.98 Å². The Bertz CT molecular complexity index is 516. The smallest absolute Gasteiger partial charge is 0.267 e. The predicted molar refractivity (Wildman–Crippen MR) is 57.3 cm³/mol. The Kier molecular flexibility index (Phi) is 3.88. The number of anilines is 1. The van der Waals surface area contributed by atoms with Crippen LogP contribution in [0, 0.1) is 0 Å². The molecule has 9 heteroatoms. The van der Waals surface area contributed by atoms with Gasteiger partial charge in [-0.1, -0.05) is 11.6 Å². The zero-order valence-electron chi connectivity index (χ0n) is 8.55. The number of pyridine rings is 1. The molecule has 0 atom stereocenters. The van der Waals surface area contributed by atoms with E-state index in [0.717, 1.165) is 6.07 Å². The lowest BCUT2D eigenvalue weighted by Crippen LogP contribution is -2.16. The number of hydrogen-bond acceptors (Lipinski definition) is 3. The minimum absolute atomic E-state index is 0.215. The number of sulfonamides is 1. The molecule has 1 aromatic rings. The Morgan fingerprint density at radius 1 is 1.41 bits per heavy atom. The standard InChI is InChI=1S/C8H8ClF3N2O2S/c1-2-17(15,16)14-6-4-3-5(7(9)13-6)8(10,11)12/h3-4H,2H2,1H3,(H,13,14). The van der Waals surface area contributed by atoms with Gasteiger partial charge in [0.2, 0.25) is 10.0 Å². The summed E-state index contributed by atoms with van der Waals surface area (Å²) in [5.41, 5.74) is -1.11. The van der Waals surface area contributed by atoms with E-state index in [1.165, 1.54) is 6.92 Å². The molecule has 0 aliphatic heterocycles. The van der Waals surface area contributed by atoms with Crippen LogP contribution in [-0.2, 0) is 16.2 Å². The predicted octanol–water partition coefficient (Wildman–Crippen LogP) is 2.52. The number of aromatic nitrogens is 1. The highest BCUT2D eigenvalue weighted by Crippen LogP contribution is 2.34. The maximum atomic E-state index is 12.3. The number of nitrogens with one attached hydrogen (secondary N) is 1. The summed E-state index contributed by atoms with van der Waals surface area (Å²) < 4.78 is 61.3. The lowest BCUT2D eigenvalue weighted by molar-refractivity contribution is -0.137. The van der Waals surface area contributed by atoms with Crippen molar-refractivity contribution in [3.63, 3.8) is 0 Å². The average Bonchev–Trinajstić information content (AvgIpc) is 2.15. The number of halogens is 4. The molecule has 96 valence electrons. The van der Waals surface area contributed by atoms with Gasteiger partial charge in [-0.15, -0.1) is 0 Å². The van der Waals surface area contributed by atoms with Gasteiger partial charge < -0.3 is 0 Å². The molecule has 0 bridgehead atoms. The third kappa shape index (κ3) is 3.74. The number of alkyl halides is 3. The summed E-state index contributed by atoms with van der Waals surface area (Å²) >= 11 is 5.32. The van der Waals surface area contributed by atoms with Crippen LogP contribution in [-0.4, -0.2) is 19.2 Å². The van der Waals surface area contributed by atoms with E-state index in [1.54, 1.807) is 0 Å². The number of rotatable bonds is 3. The van der Waals surface area contributed by atoms with Crippen LogP contribution >= 0.6 is 11.6 Å². The topological polar surface area (TPSA) is 59.1 Å². The summed E-state index contributed by atoms with van der Waals surface area (Å²) in [4.78, 5) is 3.33. The maximum absolute atomic E-state index is 12.3. The van der Waals surface area contributed by atoms with Gasteiger partial charge >= 0.3 is 6.18 Å². The second-order valence-electron chi connectivity index (χ2n) is 3.04. The Morgan fingerprint density at radius 2 is 2.00 bits per heavy atom. The first-order chi connectivity index (χ1) is 7.65. The van der Waals surface area contributed by atoms with Gasteiger partial charge in [-0.05, 0) is 19.1 Å². The van der Waals surface area contributed by atoms with Gasteiger partial charge in [0.25, 0.3) is 0 Å². The molecule has 1 N–H and O–H groups in total. The third-order valence-corrected chi connectivity index (χ3v) is 3.36. The van der Waals surface area contributed by atoms with Crippen LogP contribution < -0.4 is 4.72 Å². The molecule has 0 fully saturated rings. The van der Waals surface area contributed by atoms with Crippen molar-refractivity contribution >= 4 is 27.4 Å². The quantitative estimate of drug-likeness (QED) is 0.870. The first-order valence-electron chi connectivity index (χ1n) is 4.40. The van der Waals surface area contributed by atoms with E-state index in [4.69, 9.17) is 11.6 Å². The summed E-state index contributed by atoms with van der Waals surface area (Å²) in [6.07, 6.45) is -4.62. The monoisotopic (exact) mass is 288 g/mol. The van der Waals surface area contributed by atoms with Crippen molar-refractivity contribution in [3.8, 4) is 0 Å². The van der Waals surface area contributed by atoms with E-state index in [-0.39, 0.29) is 11.6 Å². The van der Waals surface area contributed by atoms with E-state index in [0.29, 0.717) is 6.07 Å². The van der Waals surface area contributed by atoms with Crippen LogP contribution in [0.3, 0.4) is 0 Å².